The predicted octanol–water partition coefficient (Wildman–Crippen LogP) is -0.651. The first-order valence-electron chi connectivity index (χ1n) is 6.33. The quantitative estimate of drug-likeness (QED) is 0.390. The van der Waals surface area contributed by atoms with Crippen LogP contribution in [0.5, 0.6) is 0 Å². The maximum absolute atomic E-state index is 11.0. The van der Waals surface area contributed by atoms with Crippen LogP contribution in [-0.4, -0.2) is 64.2 Å². The van der Waals surface area contributed by atoms with E-state index in [-0.39, 0.29) is 5.76 Å². The average Bonchev–Trinajstić information content (AvgIpc) is 2.46. The second-order valence-corrected chi connectivity index (χ2v) is 4.36. The first kappa shape index (κ1) is 17.4. The molecule has 1 fully saturated rings. The Morgan fingerprint density at radius 3 is 2.05 bits per heavy atom. The molecule has 0 amide bonds. The molecule has 0 aromatic carbocycles. The number of allylic oxidation sites excluding steroid dienone is 2. The highest BCUT2D eigenvalue weighted by atomic mass is 16.7. The van der Waals surface area contributed by atoms with Gasteiger partial charge in [0.25, 0.3) is 0 Å². The Hall–Kier alpha value is -1.61. The summed E-state index contributed by atoms with van der Waals surface area (Å²) in [6, 6.07) is 0. The van der Waals surface area contributed by atoms with Crippen LogP contribution in [0.4, 0.5) is 0 Å². The lowest BCUT2D eigenvalue weighted by atomic mass is 9.99. The third-order valence-corrected chi connectivity index (χ3v) is 3.04. The molecule has 8 nitrogen and oxygen atoms in total. The molecule has 0 aliphatic carbocycles. The predicted molar refractivity (Wildman–Crippen MR) is 69.9 cm³/mol. The fourth-order valence-electron chi connectivity index (χ4n) is 1.90. The van der Waals surface area contributed by atoms with Gasteiger partial charge in [0.1, 0.15) is 18.3 Å². The van der Waals surface area contributed by atoms with Crippen LogP contribution in [0.3, 0.4) is 0 Å². The van der Waals surface area contributed by atoms with Gasteiger partial charge >= 0.3 is 5.97 Å². The van der Waals surface area contributed by atoms with E-state index in [1.165, 1.54) is 13.2 Å². The number of aliphatic hydroxyl groups excluding tert-OH is 3. The summed E-state index contributed by atoms with van der Waals surface area (Å²) >= 11 is 0. The maximum atomic E-state index is 11.0. The minimum absolute atomic E-state index is 0.205. The van der Waals surface area contributed by atoms with Crippen molar-refractivity contribution in [2.45, 2.75) is 44.6 Å². The van der Waals surface area contributed by atoms with E-state index >= 15 is 0 Å². The van der Waals surface area contributed by atoms with Gasteiger partial charge in [0.2, 0.25) is 6.29 Å². The highest BCUT2D eigenvalue weighted by molar-refractivity contribution is 5.73. The number of ether oxygens (including phenoxy) is 3. The molecule has 0 saturated carbocycles. The molecule has 1 rings (SSSR count). The molecular weight excluding hydrogens is 284 g/mol. The number of hydrogen-bond acceptors (Lipinski definition) is 7. The van der Waals surface area contributed by atoms with Crippen LogP contribution in [-0.2, 0) is 19.0 Å². The molecule has 1 heterocycles. The van der Waals surface area contributed by atoms with Crippen LogP contribution < -0.4 is 0 Å². The van der Waals surface area contributed by atoms with E-state index in [1.54, 1.807) is 19.9 Å². The maximum Gasteiger partial charge on any atom is 0.335 e. The Morgan fingerprint density at radius 2 is 1.62 bits per heavy atom. The normalized spacial score (nSPS) is 34.5. The third kappa shape index (κ3) is 3.73. The van der Waals surface area contributed by atoms with Crippen molar-refractivity contribution in [3.63, 3.8) is 0 Å². The molecular formula is C13H20O8. The van der Waals surface area contributed by atoms with E-state index < -0.39 is 36.7 Å². The lowest BCUT2D eigenvalue weighted by molar-refractivity contribution is -0.284. The zero-order valence-corrected chi connectivity index (χ0v) is 12.0. The fraction of sp³-hybridized carbons (Fsp3) is 0.615. The van der Waals surface area contributed by atoms with E-state index in [0.717, 1.165) is 0 Å². The van der Waals surface area contributed by atoms with Crippen molar-refractivity contribution in [3.8, 4) is 0 Å². The number of carbonyl (C=O) groups is 1. The Labute approximate surface area is 121 Å². The third-order valence-electron chi connectivity index (χ3n) is 3.04. The smallest absolute Gasteiger partial charge is 0.335 e. The van der Waals surface area contributed by atoms with Crippen molar-refractivity contribution in [1.29, 1.82) is 0 Å². The number of carboxylic acid groups (broad SMARTS) is 1. The molecule has 120 valence electrons. The molecule has 1 aliphatic heterocycles. The lowest BCUT2D eigenvalue weighted by Gasteiger charge is -2.38. The summed E-state index contributed by atoms with van der Waals surface area (Å²) in [5.41, 5.74) is 0. The summed E-state index contributed by atoms with van der Waals surface area (Å²) < 4.78 is 15.4. The summed E-state index contributed by atoms with van der Waals surface area (Å²) in [7, 11) is 1.42. The Bertz CT molecular complexity index is 430. The van der Waals surface area contributed by atoms with Gasteiger partial charge in [0.05, 0.1) is 7.11 Å². The first-order chi connectivity index (χ1) is 9.87. The van der Waals surface area contributed by atoms with E-state index in [2.05, 4.69) is 0 Å². The van der Waals surface area contributed by atoms with Crippen LogP contribution in [0.2, 0.25) is 0 Å². The minimum Gasteiger partial charge on any atom is -0.493 e. The summed E-state index contributed by atoms with van der Waals surface area (Å²) in [4.78, 5) is 11.0. The summed E-state index contributed by atoms with van der Waals surface area (Å²) in [6.07, 6.45) is -5.11. The van der Waals surface area contributed by atoms with Gasteiger partial charge in [-0.25, -0.2) is 4.79 Å². The zero-order chi connectivity index (χ0) is 16.2. The van der Waals surface area contributed by atoms with E-state index in [1.807, 2.05) is 0 Å². The Morgan fingerprint density at radius 1 is 1.05 bits per heavy atom. The minimum atomic E-state index is -1.75. The van der Waals surface area contributed by atoms with Gasteiger partial charge in [-0.05, 0) is 26.0 Å². The molecule has 0 radical (unpaired) electrons. The average molecular weight is 304 g/mol. The van der Waals surface area contributed by atoms with E-state index in [4.69, 9.17) is 19.3 Å². The highest BCUT2D eigenvalue weighted by Crippen LogP contribution is 2.26. The second-order valence-electron chi connectivity index (χ2n) is 4.36. The van der Waals surface area contributed by atoms with Gasteiger partial charge in [-0.3, -0.25) is 0 Å². The molecule has 5 atom stereocenters. The molecule has 0 aromatic rings. The van der Waals surface area contributed by atoms with Crippen molar-refractivity contribution in [2.75, 3.05) is 7.11 Å². The van der Waals surface area contributed by atoms with Gasteiger partial charge < -0.3 is 34.6 Å². The van der Waals surface area contributed by atoms with Crippen molar-refractivity contribution >= 4 is 5.97 Å². The van der Waals surface area contributed by atoms with Gasteiger partial charge in [0, 0.05) is 0 Å². The molecule has 1 saturated heterocycles. The van der Waals surface area contributed by atoms with Crippen LogP contribution in [0, 0.1) is 0 Å². The molecule has 0 bridgehead atoms. The highest BCUT2D eigenvalue weighted by Gasteiger charge is 2.48. The summed E-state index contributed by atoms with van der Waals surface area (Å²) in [6.45, 7) is 3.34. The zero-order valence-electron chi connectivity index (χ0n) is 12.0. The standard InChI is InChI=1S/C13H20O8/c1-4-6(19-3)7(5-2)20-13-10(16)8(14)9(15)11(21-13)12(17)18/h4-5,8-11,13-16H,1-3H3,(H,17,18)/b6-4+,7-5+/t8-,9-,10+,11-,13+/m0/s1. The molecule has 21 heavy (non-hydrogen) atoms. The molecule has 0 spiro atoms. The number of carboxylic acids is 1. The molecule has 8 heteroatoms. The molecule has 0 unspecified atom stereocenters. The van der Waals surface area contributed by atoms with Gasteiger partial charge in [-0.15, -0.1) is 0 Å². The number of methoxy groups -OCH3 is 1. The van der Waals surface area contributed by atoms with Crippen molar-refractivity contribution in [2.24, 2.45) is 0 Å². The summed E-state index contributed by atoms with van der Waals surface area (Å²) in [5.74, 6) is -0.917. The van der Waals surface area contributed by atoms with E-state index in [9.17, 15) is 20.1 Å². The van der Waals surface area contributed by atoms with Crippen LogP contribution in [0.1, 0.15) is 13.8 Å². The van der Waals surface area contributed by atoms with Crippen molar-refractivity contribution < 1.29 is 39.4 Å². The monoisotopic (exact) mass is 304 g/mol. The van der Waals surface area contributed by atoms with Gasteiger partial charge in [-0.2, -0.15) is 0 Å². The number of aliphatic carboxylic acids is 1. The number of aliphatic hydroxyl groups is 3. The lowest BCUT2D eigenvalue weighted by Crippen LogP contribution is -2.60. The van der Waals surface area contributed by atoms with Crippen molar-refractivity contribution in [3.05, 3.63) is 23.7 Å². The molecule has 1 aliphatic rings. The fourth-order valence-corrected chi connectivity index (χ4v) is 1.90. The SMILES string of the molecule is C/C=C(OC)\C(=C/C)O[C@@H]1O[C@H](C(=O)O)[C@@H](O)[C@H](O)[C@H]1O. The van der Waals surface area contributed by atoms with Gasteiger partial charge in [-0.1, -0.05) is 0 Å². The van der Waals surface area contributed by atoms with Crippen LogP contribution >= 0.6 is 0 Å². The first-order valence-corrected chi connectivity index (χ1v) is 6.33. The Balaban J connectivity index is 2.93. The Kier molecular flexibility index (Phi) is 6.16. The number of rotatable bonds is 5. The molecule has 0 aromatic heterocycles. The second kappa shape index (κ2) is 7.41. The van der Waals surface area contributed by atoms with Gasteiger partial charge in [0.15, 0.2) is 17.6 Å². The van der Waals surface area contributed by atoms with Crippen LogP contribution in [0.15, 0.2) is 23.7 Å². The topological polar surface area (TPSA) is 126 Å². The molecule has 4 N–H and O–H groups in total. The number of hydrogen-bond donors (Lipinski definition) is 4. The van der Waals surface area contributed by atoms with Crippen molar-refractivity contribution in [1.82, 2.24) is 0 Å². The summed E-state index contributed by atoms with van der Waals surface area (Å²) in [5, 5.41) is 38.0. The van der Waals surface area contributed by atoms with E-state index in [0.29, 0.717) is 5.76 Å². The van der Waals surface area contributed by atoms with Crippen LogP contribution in [0.25, 0.3) is 0 Å². The largest absolute Gasteiger partial charge is 0.493 e.